The van der Waals surface area contributed by atoms with Crippen LogP contribution < -0.4 is 0 Å². The number of imidazole rings is 1. The Hall–Kier alpha value is -4.63. The van der Waals surface area contributed by atoms with Crippen molar-refractivity contribution in [1.82, 2.24) is 14.1 Å². The van der Waals surface area contributed by atoms with Crippen molar-refractivity contribution in [3.63, 3.8) is 0 Å². The molecule has 0 atom stereocenters. The maximum Gasteiger partial charge on any atom is 0.118 e. The quantitative estimate of drug-likeness (QED) is 0.266. The van der Waals surface area contributed by atoms with Crippen LogP contribution in [0.2, 0.25) is 0 Å². The van der Waals surface area contributed by atoms with Crippen LogP contribution in [-0.4, -0.2) is 14.1 Å². The van der Waals surface area contributed by atoms with Crippen LogP contribution in [0.3, 0.4) is 0 Å². The molecule has 8 rings (SSSR count). The Morgan fingerprint density at radius 3 is 2.23 bits per heavy atom. The van der Waals surface area contributed by atoms with Gasteiger partial charge in [0, 0.05) is 22.9 Å². The first-order valence-electron chi connectivity index (χ1n) is 12.0. The molecule has 3 nitrogen and oxygen atoms in total. The zero-order chi connectivity index (χ0) is 22.9. The first-order valence-corrected chi connectivity index (χ1v) is 12.0. The SMILES string of the molecule is c1ccc(-n2c3ccccc3c3cc(-c4ccc5nc6n(c5c4)-c4ccccc4C6)ccc32)cc1. The van der Waals surface area contributed by atoms with Gasteiger partial charge in [-0.05, 0) is 65.2 Å². The molecule has 0 fully saturated rings. The largest absolute Gasteiger partial charge is 0.309 e. The fourth-order valence-corrected chi connectivity index (χ4v) is 5.75. The molecule has 2 aromatic heterocycles. The molecule has 35 heavy (non-hydrogen) atoms. The van der Waals surface area contributed by atoms with Gasteiger partial charge in [-0.3, -0.25) is 4.57 Å². The molecule has 0 N–H and O–H groups in total. The van der Waals surface area contributed by atoms with Crippen LogP contribution in [0.15, 0.2) is 115 Å². The molecule has 1 aliphatic heterocycles. The Kier molecular flexibility index (Phi) is 3.72. The fraction of sp³-hybridized carbons (Fsp3) is 0.0312. The molecule has 0 saturated heterocycles. The van der Waals surface area contributed by atoms with E-state index < -0.39 is 0 Å². The van der Waals surface area contributed by atoms with Crippen molar-refractivity contribution in [2.75, 3.05) is 0 Å². The summed E-state index contributed by atoms with van der Waals surface area (Å²) < 4.78 is 4.69. The molecule has 3 heteroatoms. The highest BCUT2D eigenvalue weighted by Crippen LogP contribution is 2.37. The van der Waals surface area contributed by atoms with Gasteiger partial charge in [0.25, 0.3) is 0 Å². The molecule has 0 bridgehead atoms. The predicted molar refractivity (Wildman–Crippen MR) is 144 cm³/mol. The lowest BCUT2D eigenvalue weighted by atomic mass is 10.0. The van der Waals surface area contributed by atoms with Crippen LogP contribution in [-0.2, 0) is 6.42 Å². The Morgan fingerprint density at radius 1 is 0.543 bits per heavy atom. The molecule has 0 aliphatic carbocycles. The fourth-order valence-electron chi connectivity index (χ4n) is 5.75. The van der Waals surface area contributed by atoms with Crippen molar-refractivity contribution < 1.29 is 0 Å². The van der Waals surface area contributed by atoms with Gasteiger partial charge in [0.15, 0.2) is 0 Å². The molecule has 0 saturated carbocycles. The summed E-state index contributed by atoms with van der Waals surface area (Å²) in [5.74, 6) is 1.12. The molecule has 7 aromatic rings. The average molecular weight is 448 g/mol. The van der Waals surface area contributed by atoms with Gasteiger partial charge in [-0.15, -0.1) is 0 Å². The van der Waals surface area contributed by atoms with Gasteiger partial charge in [0.1, 0.15) is 5.82 Å². The lowest BCUT2D eigenvalue weighted by Gasteiger charge is -2.09. The smallest absolute Gasteiger partial charge is 0.118 e. The minimum absolute atomic E-state index is 0.894. The van der Waals surface area contributed by atoms with Crippen LogP contribution in [0.5, 0.6) is 0 Å². The zero-order valence-electron chi connectivity index (χ0n) is 19.0. The molecular formula is C32H21N3. The Labute approximate surface area is 202 Å². The maximum atomic E-state index is 4.93. The lowest BCUT2D eigenvalue weighted by molar-refractivity contribution is 1.02. The number of benzene rings is 5. The van der Waals surface area contributed by atoms with Gasteiger partial charge in [-0.2, -0.15) is 0 Å². The van der Waals surface area contributed by atoms with Crippen LogP contribution >= 0.6 is 0 Å². The molecule has 0 amide bonds. The second-order valence-electron chi connectivity index (χ2n) is 9.29. The minimum atomic E-state index is 0.894. The number of hydrogen-bond donors (Lipinski definition) is 0. The third-order valence-corrected chi connectivity index (χ3v) is 7.33. The number of rotatable bonds is 2. The molecule has 1 aliphatic rings. The summed E-state index contributed by atoms with van der Waals surface area (Å²) in [7, 11) is 0. The lowest BCUT2D eigenvalue weighted by Crippen LogP contribution is -1.93. The van der Waals surface area contributed by atoms with E-state index in [4.69, 9.17) is 4.98 Å². The third-order valence-electron chi connectivity index (χ3n) is 7.33. The molecular weight excluding hydrogens is 426 g/mol. The van der Waals surface area contributed by atoms with E-state index in [0.717, 1.165) is 17.8 Å². The van der Waals surface area contributed by atoms with E-state index in [9.17, 15) is 0 Å². The third kappa shape index (κ3) is 2.64. The van der Waals surface area contributed by atoms with E-state index in [2.05, 4.69) is 124 Å². The first-order chi connectivity index (χ1) is 17.3. The highest BCUT2D eigenvalue weighted by molar-refractivity contribution is 6.10. The van der Waals surface area contributed by atoms with E-state index in [0.29, 0.717) is 0 Å². The van der Waals surface area contributed by atoms with E-state index in [-0.39, 0.29) is 0 Å². The van der Waals surface area contributed by atoms with Crippen molar-refractivity contribution in [2.45, 2.75) is 6.42 Å². The molecule has 0 radical (unpaired) electrons. The summed E-state index contributed by atoms with van der Waals surface area (Å²) >= 11 is 0. The van der Waals surface area contributed by atoms with Gasteiger partial charge in [-0.1, -0.05) is 66.7 Å². The molecule has 0 spiro atoms. The molecule has 0 unspecified atom stereocenters. The van der Waals surface area contributed by atoms with Gasteiger partial charge in [0.05, 0.1) is 27.8 Å². The second kappa shape index (κ2) is 6.94. The standard InChI is InChI=1S/C32H21N3/c1-2-9-24(10-3-1)34-29-13-7-5-11-25(29)26-18-21(15-17-30(26)34)22-14-16-27-31(19-22)35-28-12-6-4-8-23(28)20-32(35)33-27/h1-19H,20H2. The highest BCUT2D eigenvalue weighted by Gasteiger charge is 2.22. The summed E-state index contributed by atoms with van der Waals surface area (Å²) in [6.07, 6.45) is 0.894. The summed E-state index contributed by atoms with van der Waals surface area (Å²) in [6.45, 7) is 0. The van der Waals surface area contributed by atoms with Crippen LogP contribution in [0, 0.1) is 0 Å². The zero-order valence-corrected chi connectivity index (χ0v) is 19.0. The van der Waals surface area contributed by atoms with Crippen molar-refractivity contribution in [3.8, 4) is 22.5 Å². The summed E-state index contributed by atoms with van der Waals surface area (Å²) in [6, 6.07) is 41.4. The van der Waals surface area contributed by atoms with Crippen LogP contribution in [0.25, 0.3) is 55.3 Å². The van der Waals surface area contributed by atoms with Gasteiger partial charge >= 0.3 is 0 Å². The number of nitrogens with zero attached hydrogens (tertiary/aromatic N) is 3. The van der Waals surface area contributed by atoms with Gasteiger partial charge in [0.2, 0.25) is 0 Å². The monoisotopic (exact) mass is 447 g/mol. The molecule has 3 heterocycles. The molecule has 5 aromatic carbocycles. The number of para-hydroxylation sites is 3. The Balaban J connectivity index is 1.35. The van der Waals surface area contributed by atoms with E-state index in [1.54, 1.807) is 0 Å². The van der Waals surface area contributed by atoms with E-state index in [1.165, 1.54) is 55.4 Å². The minimum Gasteiger partial charge on any atom is -0.309 e. The number of fused-ring (bicyclic) bond motifs is 8. The summed E-state index contributed by atoms with van der Waals surface area (Å²) in [5, 5.41) is 2.54. The maximum absolute atomic E-state index is 4.93. The van der Waals surface area contributed by atoms with Crippen molar-refractivity contribution >= 4 is 32.8 Å². The van der Waals surface area contributed by atoms with Crippen LogP contribution in [0.4, 0.5) is 0 Å². The van der Waals surface area contributed by atoms with Crippen LogP contribution in [0.1, 0.15) is 11.4 Å². The van der Waals surface area contributed by atoms with Crippen molar-refractivity contribution in [1.29, 1.82) is 0 Å². The second-order valence-corrected chi connectivity index (χ2v) is 9.29. The first kappa shape index (κ1) is 18.8. The average Bonchev–Trinajstić information content (AvgIpc) is 3.56. The number of hydrogen-bond acceptors (Lipinski definition) is 1. The predicted octanol–water partition coefficient (Wildman–Crippen LogP) is 7.69. The highest BCUT2D eigenvalue weighted by atomic mass is 15.1. The summed E-state index contributed by atoms with van der Waals surface area (Å²) in [5.41, 5.74) is 10.9. The van der Waals surface area contributed by atoms with Gasteiger partial charge < -0.3 is 4.57 Å². The van der Waals surface area contributed by atoms with Crippen molar-refractivity contribution in [2.24, 2.45) is 0 Å². The summed E-state index contributed by atoms with van der Waals surface area (Å²) in [4.78, 5) is 4.93. The Bertz CT molecular complexity index is 1920. The molecule has 164 valence electrons. The number of aromatic nitrogens is 3. The topological polar surface area (TPSA) is 22.8 Å². The van der Waals surface area contributed by atoms with Gasteiger partial charge in [-0.25, -0.2) is 4.98 Å². The normalized spacial score (nSPS) is 12.5. The van der Waals surface area contributed by atoms with E-state index >= 15 is 0 Å². The van der Waals surface area contributed by atoms with E-state index in [1.807, 2.05) is 0 Å². The van der Waals surface area contributed by atoms with Crippen molar-refractivity contribution in [3.05, 3.63) is 127 Å². The Morgan fingerprint density at radius 2 is 1.29 bits per heavy atom.